The lowest BCUT2D eigenvalue weighted by Gasteiger charge is -2.08. The van der Waals surface area contributed by atoms with E-state index in [4.69, 9.17) is 11.6 Å². The van der Waals surface area contributed by atoms with Crippen LogP contribution in [-0.4, -0.2) is 31.2 Å². The molecule has 0 radical (unpaired) electrons. The Hall–Kier alpha value is -2.54. The second-order valence-corrected chi connectivity index (χ2v) is 5.28. The first-order valence-corrected chi connectivity index (χ1v) is 7.15. The molecule has 0 aromatic carbocycles. The van der Waals surface area contributed by atoms with Crippen molar-refractivity contribution in [3.8, 4) is 5.88 Å². The molecule has 3 N–H and O–H groups in total. The van der Waals surface area contributed by atoms with Crippen LogP contribution in [0.1, 0.15) is 12.0 Å². The van der Waals surface area contributed by atoms with Gasteiger partial charge in [0.25, 0.3) is 0 Å². The minimum Gasteiger partial charge on any atom is -0.493 e. The second-order valence-electron chi connectivity index (χ2n) is 4.85. The molecule has 0 aliphatic carbocycles. The van der Waals surface area contributed by atoms with Crippen LogP contribution in [0.15, 0.2) is 35.4 Å². The number of anilines is 1. The zero-order chi connectivity index (χ0) is 15.5. The lowest BCUT2D eigenvalue weighted by Crippen LogP contribution is -2.10. The Morgan fingerprint density at radius 2 is 2.27 bits per heavy atom. The van der Waals surface area contributed by atoms with Gasteiger partial charge in [0.05, 0.1) is 10.7 Å². The number of halogens is 1. The third-order valence-electron chi connectivity index (χ3n) is 3.25. The summed E-state index contributed by atoms with van der Waals surface area (Å²) in [5.41, 5.74) is 1.90. The molecule has 3 rings (SSSR count). The number of aryl methyl sites for hydroxylation is 1. The largest absolute Gasteiger partial charge is 0.493 e. The average molecular weight is 320 g/mol. The number of nitrogens with zero attached hydrogens (tertiary/aromatic N) is 3. The standard InChI is InChI=1S/C14H14ClN5O2/c15-10-7-11(13-18-19-14(22)20(13)8-10)16-4-1-2-9-3-5-17-12(21)6-9/h3,5-8,16H,1-2,4H2,(H,17,21)(H,19,22). The summed E-state index contributed by atoms with van der Waals surface area (Å²) in [4.78, 5) is 15.3. The molecular formula is C14H14ClN5O2. The lowest BCUT2D eigenvalue weighted by atomic mass is 10.1. The summed E-state index contributed by atoms with van der Waals surface area (Å²) in [6, 6.07) is 5.24. The fourth-order valence-corrected chi connectivity index (χ4v) is 2.45. The van der Waals surface area contributed by atoms with Crippen molar-refractivity contribution < 1.29 is 5.11 Å². The number of hydrogen-bond donors (Lipinski definition) is 3. The molecule has 3 aromatic rings. The highest BCUT2D eigenvalue weighted by atomic mass is 35.5. The van der Waals surface area contributed by atoms with E-state index in [1.54, 1.807) is 18.3 Å². The number of hydrogen-bond acceptors (Lipinski definition) is 5. The van der Waals surface area contributed by atoms with Crippen molar-refractivity contribution in [1.82, 2.24) is 19.6 Å². The topological polar surface area (TPSA) is 95.3 Å². The van der Waals surface area contributed by atoms with Crippen LogP contribution in [0.25, 0.3) is 5.65 Å². The third kappa shape index (κ3) is 3.04. The van der Waals surface area contributed by atoms with Gasteiger partial charge < -0.3 is 10.4 Å². The summed E-state index contributed by atoms with van der Waals surface area (Å²) < 4.78 is 1.37. The van der Waals surface area contributed by atoms with Gasteiger partial charge in [-0.25, -0.2) is 19.3 Å². The number of nitrogens with one attached hydrogen (secondary N) is 2. The van der Waals surface area contributed by atoms with E-state index in [0.717, 1.165) is 18.4 Å². The Morgan fingerprint density at radius 3 is 3.09 bits per heavy atom. The number of aromatic nitrogens is 4. The van der Waals surface area contributed by atoms with Gasteiger partial charge in [0.2, 0.25) is 5.88 Å². The molecule has 0 saturated heterocycles. The quantitative estimate of drug-likeness (QED) is 0.623. The number of pyridine rings is 2. The van der Waals surface area contributed by atoms with Gasteiger partial charge in [0.1, 0.15) is 0 Å². The Kier molecular flexibility index (Phi) is 3.97. The fourth-order valence-electron chi connectivity index (χ4n) is 2.24. The molecule has 3 aromatic heterocycles. The molecule has 0 aliphatic rings. The normalized spacial score (nSPS) is 11.0. The molecule has 0 amide bonds. The summed E-state index contributed by atoms with van der Waals surface area (Å²) in [5.74, 6) is 0.0258. The molecule has 0 atom stereocenters. The molecule has 0 unspecified atom stereocenters. The van der Waals surface area contributed by atoms with E-state index in [1.807, 2.05) is 6.07 Å². The van der Waals surface area contributed by atoms with Gasteiger partial charge in [-0.2, -0.15) is 5.10 Å². The van der Waals surface area contributed by atoms with Crippen LogP contribution >= 0.6 is 11.6 Å². The van der Waals surface area contributed by atoms with Crippen LogP contribution in [0.3, 0.4) is 0 Å². The molecule has 0 fully saturated rings. The Morgan fingerprint density at radius 1 is 1.41 bits per heavy atom. The van der Waals surface area contributed by atoms with Gasteiger partial charge in [0, 0.05) is 25.0 Å². The summed E-state index contributed by atoms with van der Waals surface area (Å²) in [6.45, 7) is 0.681. The Balaban J connectivity index is 1.66. The third-order valence-corrected chi connectivity index (χ3v) is 3.45. The zero-order valence-corrected chi connectivity index (χ0v) is 12.3. The number of H-pyrrole nitrogens is 1. The monoisotopic (exact) mass is 319 g/mol. The Labute approximate surface area is 130 Å². The van der Waals surface area contributed by atoms with Crippen molar-refractivity contribution in [2.45, 2.75) is 12.8 Å². The highest BCUT2D eigenvalue weighted by Crippen LogP contribution is 2.19. The molecular weight excluding hydrogens is 306 g/mol. The highest BCUT2D eigenvalue weighted by molar-refractivity contribution is 6.30. The fraction of sp³-hybridized carbons (Fsp3) is 0.214. The van der Waals surface area contributed by atoms with Gasteiger partial charge in [-0.15, -0.1) is 0 Å². The molecule has 3 heterocycles. The van der Waals surface area contributed by atoms with Crippen molar-refractivity contribution in [3.05, 3.63) is 51.7 Å². The summed E-state index contributed by atoms with van der Waals surface area (Å²) >= 11 is 6.00. The van der Waals surface area contributed by atoms with Gasteiger partial charge in [0.15, 0.2) is 5.65 Å². The predicted octanol–water partition coefficient (Wildman–Crippen LogP) is 1.82. The van der Waals surface area contributed by atoms with Crippen LogP contribution in [0.5, 0.6) is 5.88 Å². The maximum absolute atomic E-state index is 11.6. The van der Waals surface area contributed by atoms with E-state index in [1.165, 1.54) is 10.6 Å². The van der Waals surface area contributed by atoms with Gasteiger partial charge in [-0.1, -0.05) is 11.6 Å². The van der Waals surface area contributed by atoms with Gasteiger partial charge >= 0.3 is 5.69 Å². The van der Waals surface area contributed by atoms with Crippen molar-refractivity contribution in [2.24, 2.45) is 0 Å². The lowest BCUT2D eigenvalue weighted by molar-refractivity contribution is 0.452. The van der Waals surface area contributed by atoms with Crippen LogP contribution in [0.2, 0.25) is 5.02 Å². The number of aromatic hydroxyl groups is 1. The van der Waals surface area contributed by atoms with Crippen molar-refractivity contribution in [2.75, 3.05) is 11.9 Å². The van der Waals surface area contributed by atoms with Crippen molar-refractivity contribution >= 4 is 22.9 Å². The summed E-state index contributed by atoms with van der Waals surface area (Å²) in [5, 5.41) is 19.4. The molecule has 7 nitrogen and oxygen atoms in total. The minimum atomic E-state index is -0.326. The first kappa shape index (κ1) is 14.4. The zero-order valence-electron chi connectivity index (χ0n) is 11.6. The van der Waals surface area contributed by atoms with Crippen LogP contribution in [-0.2, 0) is 6.42 Å². The number of rotatable bonds is 5. The first-order chi connectivity index (χ1) is 10.6. The van der Waals surface area contributed by atoms with Crippen LogP contribution < -0.4 is 11.0 Å². The molecule has 0 spiro atoms. The molecule has 114 valence electrons. The van der Waals surface area contributed by atoms with E-state index in [9.17, 15) is 9.90 Å². The molecule has 0 bridgehead atoms. The number of fused-ring (bicyclic) bond motifs is 1. The average Bonchev–Trinajstić information content (AvgIpc) is 2.85. The highest BCUT2D eigenvalue weighted by Gasteiger charge is 2.07. The smallest absolute Gasteiger partial charge is 0.347 e. The first-order valence-electron chi connectivity index (χ1n) is 6.77. The SMILES string of the molecule is O=c1[nH]nc2c(NCCCc3ccnc(O)c3)cc(Cl)cn12. The maximum Gasteiger partial charge on any atom is 0.347 e. The van der Waals surface area contributed by atoms with E-state index in [0.29, 0.717) is 22.9 Å². The van der Waals surface area contributed by atoms with Crippen molar-refractivity contribution in [3.63, 3.8) is 0 Å². The predicted molar refractivity (Wildman–Crippen MR) is 83.5 cm³/mol. The van der Waals surface area contributed by atoms with Crippen molar-refractivity contribution in [1.29, 1.82) is 0 Å². The maximum atomic E-state index is 11.6. The van der Waals surface area contributed by atoms with Crippen LogP contribution in [0, 0.1) is 0 Å². The molecule has 0 aliphatic heterocycles. The van der Waals surface area contributed by atoms with Gasteiger partial charge in [-0.3, -0.25) is 0 Å². The summed E-state index contributed by atoms with van der Waals surface area (Å²) in [7, 11) is 0. The van der Waals surface area contributed by atoms with E-state index < -0.39 is 0 Å². The van der Waals surface area contributed by atoms with Gasteiger partial charge in [-0.05, 0) is 30.5 Å². The van der Waals surface area contributed by atoms with Crippen LogP contribution in [0.4, 0.5) is 5.69 Å². The molecule has 8 heteroatoms. The summed E-state index contributed by atoms with van der Waals surface area (Å²) in [6.07, 6.45) is 4.74. The minimum absolute atomic E-state index is 0.0258. The number of aromatic amines is 1. The molecule has 0 saturated carbocycles. The Bertz CT molecular complexity index is 858. The van der Waals surface area contributed by atoms with E-state index >= 15 is 0 Å². The second kappa shape index (κ2) is 6.07. The molecule has 22 heavy (non-hydrogen) atoms. The van der Waals surface area contributed by atoms with E-state index in [-0.39, 0.29) is 11.6 Å². The van der Waals surface area contributed by atoms with E-state index in [2.05, 4.69) is 20.5 Å².